The van der Waals surface area contributed by atoms with Crippen LogP contribution in [0.15, 0.2) is 18.2 Å². The van der Waals surface area contributed by atoms with Crippen molar-refractivity contribution in [3.8, 4) is 0 Å². The van der Waals surface area contributed by atoms with Gasteiger partial charge in [-0.05, 0) is 47.2 Å². The molecular weight excluding hydrogens is 335 g/mol. The lowest BCUT2D eigenvalue weighted by Crippen LogP contribution is -2.20. The summed E-state index contributed by atoms with van der Waals surface area (Å²) in [4.78, 5) is 6.77. The number of benzene rings is 1. The van der Waals surface area contributed by atoms with Gasteiger partial charge in [0.25, 0.3) is 0 Å². The lowest BCUT2D eigenvalue weighted by Gasteiger charge is -2.12. The molecule has 3 rings (SSSR count). The predicted octanol–water partition coefficient (Wildman–Crippen LogP) is 2.47. The van der Waals surface area contributed by atoms with Gasteiger partial charge in [-0.1, -0.05) is 11.3 Å². The van der Waals surface area contributed by atoms with Crippen molar-refractivity contribution in [1.29, 1.82) is 0 Å². The van der Waals surface area contributed by atoms with Crippen LogP contribution in [0.1, 0.15) is 6.42 Å². The van der Waals surface area contributed by atoms with Crippen molar-refractivity contribution in [2.75, 3.05) is 18.0 Å². The van der Waals surface area contributed by atoms with E-state index in [0.29, 0.717) is 0 Å². The zero-order valence-corrected chi connectivity index (χ0v) is 11.5. The SMILES string of the molecule is OC1CCN(c2nc3ccc(I)cc3s2)C1. The summed E-state index contributed by atoms with van der Waals surface area (Å²) in [6, 6.07) is 6.29. The molecule has 1 atom stereocenters. The van der Waals surface area contributed by atoms with Gasteiger partial charge in [0, 0.05) is 16.7 Å². The highest BCUT2D eigenvalue weighted by Crippen LogP contribution is 2.31. The molecule has 1 aliphatic heterocycles. The molecule has 0 spiro atoms. The van der Waals surface area contributed by atoms with E-state index in [1.807, 2.05) is 0 Å². The van der Waals surface area contributed by atoms with Gasteiger partial charge >= 0.3 is 0 Å². The molecule has 0 aliphatic carbocycles. The molecular formula is C11H11IN2OS. The first-order valence-corrected chi connectivity index (χ1v) is 7.11. The van der Waals surface area contributed by atoms with Gasteiger partial charge in [-0.3, -0.25) is 0 Å². The summed E-state index contributed by atoms with van der Waals surface area (Å²) < 4.78 is 2.46. The number of nitrogens with zero attached hydrogens (tertiary/aromatic N) is 2. The van der Waals surface area contributed by atoms with E-state index in [1.165, 1.54) is 8.27 Å². The first-order valence-electron chi connectivity index (χ1n) is 5.21. The maximum Gasteiger partial charge on any atom is 0.186 e. The van der Waals surface area contributed by atoms with Crippen molar-refractivity contribution in [3.05, 3.63) is 21.8 Å². The number of fused-ring (bicyclic) bond motifs is 1. The highest BCUT2D eigenvalue weighted by atomic mass is 127. The van der Waals surface area contributed by atoms with Gasteiger partial charge in [0.05, 0.1) is 16.3 Å². The average Bonchev–Trinajstić information content (AvgIpc) is 2.83. The predicted molar refractivity (Wildman–Crippen MR) is 75.2 cm³/mol. The normalized spacial score (nSPS) is 20.9. The Kier molecular flexibility index (Phi) is 2.76. The summed E-state index contributed by atoms with van der Waals surface area (Å²) >= 11 is 4.02. The molecule has 1 N–H and O–H groups in total. The molecule has 3 nitrogen and oxygen atoms in total. The molecule has 0 bridgehead atoms. The van der Waals surface area contributed by atoms with Gasteiger partial charge in [0.2, 0.25) is 0 Å². The molecule has 5 heteroatoms. The first-order chi connectivity index (χ1) is 7.72. The van der Waals surface area contributed by atoms with Crippen LogP contribution in [0.4, 0.5) is 5.13 Å². The smallest absolute Gasteiger partial charge is 0.186 e. The number of hydrogen-bond donors (Lipinski definition) is 1. The second-order valence-electron chi connectivity index (χ2n) is 4.00. The minimum absolute atomic E-state index is 0.188. The van der Waals surface area contributed by atoms with Gasteiger partial charge in [0.1, 0.15) is 0 Å². The third-order valence-corrected chi connectivity index (χ3v) is 4.52. The number of aliphatic hydroxyl groups is 1. The Labute approximate surface area is 111 Å². The summed E-state index contributed by atoms with van der Waals surface area (Å²) in [7, 11) is 0. The van der Waals surface area contributed by atoms with Crippen molar-refractivity contribution < 1.29 is 5.11 Å². The molecule has 2 heterocycles. The minimum atomic E-state index is -0.188. The summed E-state index contributed by atoms with van der Waals surface area (Å²) in [6.45, 7) is 1.63. The zero-order chi connectivity index (χ0) is 11.1. The molecule has 1 saturated heterocycles. The molecule has 2 aromatic rings. The van der Waals surface area contributed by atoms with Crippen LogP contribution in [0.5, 0.6) is 0 Å². The van der Waals surface area contributed by atoms with Crippen LogP contribution < -0.4 is 4.90 Å². The Morgan fingerprint density at radius 3 is 3.12 bits per heavy atom. The number of thiazole rings is 1. The van der Waals surface area contributed by atoms with E-state index in [0.717, 1.165) is 30.2 Å². The average molecular weight is 346 g/mol. The topological polar surface area (TPSA) is 36.4 Å². The quantitative estimate of drug-likeness (QED) is 0.806. The summed E-state index contributed by atoms with van der Waals surface area (Å²) in [5.74, 6) is 0. The molecule has 1 fully saturated rings. The van der Waals surface area contributed by atoms with E-state index in [2.05, 4.69) is 50.7 Å². The van der Waals surface area contributed by atoms with Crippen LogP contribution in [-0.2, 0) is 0 Å². The highest BCUT2D eigenvalue weighted by molar-refractivity contribution is 14.1. The molecule has 0 saturated carbocycles. The Bertz CT molecular complexity index is 528. The van der Waals surface area contributed by atoms with Crippen molar-refractivity contribution in [3.63, 3.8) is 0 Å². The van der Waals surface area contributed by atoms with E-state index < -0.39 is 0 Å². The van der Waals surface area contributed by atoms with Crippen LogP contribution in [0.2, 0.25) is 0 Å². The van der Waals surface area contributed by atoms with Crippen molar-refractivity contribution in [1.82, 2.24) is 4.98 Å². The lowest BCUT2D eigenvalue weighted by molar-refractivity contribution is 0.198. The number of anilines is 1. The Hall–Kier alpha value is -0.400. The zero-order valence-electron chi connectivity index (χ0n) is 8.56. The van der Waals surface area contributed by atoms with E-state index in [1.54, 1.807) is 11.3 Å². The number of halogens is 1. The fourth-order valence-electron chi connectivity index (χ4n) is 1.94. The standard InChI is InChI=1S/C11H11IN2OS/c12-7-1-2-9-10(5-7)16-11(13-9)14-4-3-8(15)6-14/h1-2,5,8,15H,3-4,6H2. The van der Waals surface area contributed by atoms with Gasteiger partial charge in [0.15, 0.2) is 5.13 Å². The fraction of sp³-hybridized carbons (Fsp3) is 0.364. The van der Waals surface area contributed by atoms with Crippen LogP contribution in [-0.4, -0.2) is 29.3 Å². The van der Waals surface area contributed by atoms with Gasteiger partial charge in [-0.15, -0.1) is 0 Å². The second kappa shape index (κ2) is 4.12. The maximum atomic E-state index is 9.51. The summed E-state index contributed by atoms with van der Waals surface area (Å²) in [5, 5.41) is 10.5. The Morgan fingerprint density at radius 2 is 2.38 bits per heavy atom. The molecule has 1 aliphatic rings. The maximum absolute atomic E-state index is 9.51. The molecule has 1 aromatic carbocycles. The molecule has 0 radical (unpaired) electrons. The Balaban J connectivity index is 1.99. The molecule has 16 heavy (non-hydrogen) atoms. The first kappa shape index (κ1) is 10.7. The number of rotatable bonds is 1. The third kappa shape index (κ3) is 1.91. The minimum Gasteiger partial charge on any atom is -0.391 e. The lowest BCUT2D eigenvalue weighted by atomic mass is 10.3. The summed E-state index contributed by atoms with van der Waals surface area (Å²) in [5.41, 5.74) is 1.06. The number of aromatic nitrogens is 1. The Morgan fingerprint density at radius 1 is 1.50 bits per heavy atom. The van der Waals surface area contributed by atoms with Crippen LogP contribution in [0.3, 0.4) is 0 Å². The molecule has 84 valence electrons. The van der Waals surface area contributed by atoms with E-state index in [4.69, 9.17) is 0 Å². The molecule has 1 aromatic heterocycles. The molecule has 0 amide bonds. The van der Waals surface area contributed by atoms with Crippen LogP contribution in [0.25, 0.3) is 10.2 Å². The van der Waals surface area contributed by atoms with Crippen molar-refractivity contribution in [2.24, 2.45) is 0 Å². The van der Waals surface area contributed by atoms with E-state index in [9.17, 15) is 5.11 Å². The third-order valence-electron chi connectivity index (χ3n) is 2.77. The number of aliphatic hydroxyl groups excluding tert-OH is 1. The number of hydrogen-bond acceptors (Lipinski definition) is 4. The van der Waals surface area contributed by atoms with Gasteiger partial charge < -0.3 is 10.0 Å². The number of β-amino-alcohol motifs (C(OH)–C–C–N with tert-alkyl or cyclic N) is 1. The van der Waals surface area contributed by atoms with E-state index in [-0.39, 0.29) is 6.10 Å². The highest BCUT2D eigenvalue weighted by Gasteiger charge is 2.22. The van der Waals surface area contributed by atoms with E-state index >= 15 is 0 Å². The molecule has 1 unspecified atom stereocenters. The fourth-order valence-corrected chi connectivity index (χ4v) is 3.68. The largest absolute Gasteiger partial charge is 0.391 e. The van der Waals surface area contributed by atoms with Crippen molar-refractivity contribution >= 4 is 49.3 Å². The summed E-state index contributed by atoms with van der Waals surface area (Å²) in [6.07, 6.45) is 0.667. The van der Waals surface area contributed by atoms with Gasteiger partial charge in [-0.25, -0.2) is 4.98 Å². The monoisotopic (exact) mass is 346 g/mol. The van der Waals surface area contributed by atoms with Crippen LogP contribution >= 0.6 is 33.9 Å². The van der Waals surface area contributed by atoms with Crippen molar-refractivity contribution in [2.45, 2.75) is 12.5 Å². The van der Waals surface area contributed by atoms with Crippen LogP contribution in [0, 0.1) is 3.57 Å². The van der Waals surface area contributed by atoms with Gasteiger partial charge in [-0.2, -0.15) is 0 Å². The second-order valence-corrected chi connectivity index (χ2v) is 6.25.